The number of halogens is 2. The van der Waals surface area contributed by atoms with Crippen molar-refractivity contribution in [3.05, 3.63) is 47.0 Å². The number of rotatable bonds is 14. The molecule has 2 saturated heterocycles. The van der Waals surface area contributed by atoms with Crippen molar-refractivity contribution < 1.29 is 28.9 Å². The molecule has 0 radical (unpaired) electrons. The lowest BCUT2D eigenvalue weighted by molar-refractivity contribution is -0.130. The number of anilines is 1. The first-order chi connectivity index (χ1) is 20.3. The molecule has 1 aromatic heterocycles. The maximum Gasteiger partial charge on any atom is 0.225 e. The van der Waals surface area contributed by atoms with E-state index in [0.29, 0.717) is 60.6 Å². The predicted octanol–water partition coefficient (Wildman–Crippen LogP) is 3.13. The molecule has 2 aliphatic heterocycles. The summed E-state index contributed by atoms with van der Waals surface area (Å²) in [6.45, 7) is 3.11. The Morgan fingerprint density at radius 3 is 2.45 bits per heavy atom. The number of ether oxygens (including phenoxy) is 1. The Morgan fingerprint density at radius 1 is 1.05 bits per heavy atom. The largest absolute Gasteiger partial charge is 0.493 e. The van der Waals surface area contributed by atoms with Crippen molar-refractivity contribution in [2.75, 3.05) is 44.2 Å². The SMILES string of the molecule is O=C(Cc1ccc(OCCCC2CCN(c3ncc(Cl)cn3)CC2)cc1F)NCCCCCC(=O)N1C[C@H](O)[C@@H](O)C1. The van der Waals surface area contributed by atoms with E-state index in [9.17, 15) is 24.2 Å². The van der Waals surface area contributed by atoms with Crippen LogP contribution in [0, 0.1) is 11.7 Å². The number of carbonyl (C=O) groups excluding carboxylic acids is 2. The number of nitrogens with one attached hydrogen (secondary N) is 1. The summed E-state index contributed by atoms with van der Waals surface area (Å²) in [5.41, 5.74) is 0.317. The lowest BCUT2D eigenvalue weighted by Gasteiger charge is -2.31. The normalized spacial score (nSPS) is 19.2. The standard InChI is InChI=1S/C30H41ClFN5O5/c31-23-17-34-30(35-18-23)36-12-9-21(10-13-36)5-4-14-42-24-8-7-22(25(32)16-24)15-28(40)33-11-3-1-2-6-29(41)37-19-26(38)27(39)20-37/h7-8,16-18,21,26-27,38-39H,1-6,9-15,19-20H2,(H,33,40)/t26-,27-/m0/s1. The number of hydrogen-bond acceptors (Lipinski definition) is 8. The number of β-amino-alcohol motifs (C(OH)–C–C–N with tert-alkyl or cyclic N) is 2. The van der Waals surface area contributed by atoms with Crippen LogP contribution in [0.4, 0.5) is 10.3 Å². The molecular formula is C30H41ClFN5O5. The van der Waals surface area contributed by atoms with Gasteiger partial charge in [0, 0.05) is 45.2 Å². The lowest BCUT2D eigenvalue weighted by atomic mass is 9.92. The average molecular weight is 606 g/mol. The average Bonchev–Trinajstić information content (AvgIpc) is 3.33. The summed E-state index contributed by atoms with van der Waals surface area (Å²) in [7, 11) is 0. The van der Waals surface area contributed by atoms with Gasteiger partial charge in [-0.05, 0) is 56.1 Å². The first-order valence-electron chi connectivity index (χ1n) is 14.8. The molecule has 2 amide bonds. The van der Waals surface area contributed by atoms with Gasteiger partial charge in [0.05, 0.1) is 42.7 Å². The number of piperidine rings is 1. The molecule has 3 N–H and O–H groups in total. The van der Waals surface area contributed by atoms with Gasteiger partial charge in [-0.2, -0.15) is 0 Å². The number of benzene rings is 1. The van der Waals surface area contributed by atoms with Crippen LogP contribution in [0.1, 0.15) is 56.9 Å². The summed E-state index contributed by atoms with van der Waals surface area (Å²) < 4.78 is 20.4. The molecule has 1 aromatic carbocycles. The van der Waals surface area contributed by atoms with Crippen molar-refractivity contribution in [1.82, 2.24) is 20.2 Å². The molecule has 10 nitrogen and oxygen atoms in total. The molecule has 4 rings (SSSR count). The van der Waals surface area contributed by atoms with Gasteiger partial charge in [-0.1, -0.05) is 24.1 Å². The molecule has 0 spiro atoms. The molecule has 12 heteroatoms. The zero-order valence-electron chi connectivity index (χ0n) is 23.9. The van der Waals surface area contributed by atoms with Crippen LogP contribution < -0.4 is 15.0 Å². The van der Waals surface area contributed by atoms with Crippen molar-refractivity contribution in [2.45, 2.75) is 70.0 Å². The third kappa shape index (κ3) is 9.78. The van der Waals surface area contributed by atoms with E-state index in [1.165, 1.54) is 11.0 Å². The highest BCUT2D eigenvalue weighted by Crippen LogP contribution is 2.25. The maximum atomic E-state index is 14.6. The minimum atomic E-state index is -0.874. The fourth-order valence-corrected chi connectivity index (χ4v) is 5.48. The van der Waals surface area contributed by atoms with Crippen molar-refractivity contribution in [3.8, 4) is 5.75 Å². The first-order valence-corrected chi connectivity index (χ1v) is 15.2. The topological polar surface area (TPSA) is 128 Å². The predicted molar refractivity (Wildman–Crippen MR) is 157 cm³/mol. The highest BCUT2D eigenvalue weighted by Gasteiger charge is 2.32. The van der Waals surface area contributed by atoms with Gasteiger partial charge in [-0.25, -0.2) is 14.4 Å². The Kier molecular flexibility index (Phi) is 12.2. The summed E-state index contributed by atoms with van der Waals surface area (Å²) in [5.74, 6) is 0.978. The molecule has 2 aliphatic rings. The number of aliphatic hydroxyl groups excluding tert-OH is 2. The second-order valence-electron chi connectivity index (χ2n) is 11.1. The fraction of sp³-hybridized carbons (Fsp3) is 0.600. The number of carbonyl (C=O) groups is 2. The fourth-order valence-electron chi connectivity index (χ4n) is 5.39. The van der Waals surface area contributed by atoms with Crippen LogP contribution in [0.3, 0.4) is 0 Å². The Bertz CT molecular complexity index is 1160. The zero-order valence-corrected chi connectivity index (χ0v) is 24.6. The maximum absolute atomic E-state index is 14.6. The highest BCUT2D eigenvalue weighted by atomic mass is 35.5. The molecule has 0 bridgehead atoms. The number of likely N-dealkylation sites (tertiary alicyclic amines) is 1. The van der Waals surface area contributed by atoms with E-state index in [0.717, 1.165) is 45.2 Å². The van der Waals surface area contributed by atoms with E-state index in [1.54, 1.807) is 24.5 Å². The molecule has 230 valence electrons. The second kappa shape index (κ2) is 16.0. The van der Waals surface area contributed by atoms with Crippen molar-refractivity contribution in [3.63, 3.8) is 0 Å². The van der Waals surface area contributed by atoms with Crippen LogP contribution in [0.25, 0.3) is 0 Å². The van der Waals surface area contributed by atoms with Crippen LogP contribution in [-0.4, -0.2) is 88.4 Å². The van der Waals surface area contributed by atoms with Crippen molar-refractivity contribution in [1.29, 1.82) is 0 Å². The smallest absolute Gasteiger partial charge is 0.225 e. The molecular weight excluding hydrogens is 565 g/mol. The van der Waals surface area contributed by atoms with E-state index in [4.69, 9.17) is 16.3 Å². The van der Waals surface area contributed by atoms with E-state index in [1.807, 2.05) is 0 Å². The van der Waals surface area contributed by atoms with Gasteiger partial charge in [0.1, 0.15) is 11.6 Å². The molecule has 2 aromatic rings. The quantitative estimate of drug-likeness (QED) is 0.280. The van der Waals surface area contributed by atoms with Gasteiger partial charge < -0.3 is 30.1 Å². The van der Waals surface area contributed by atoms with Crippen molar-refractivity contribution in [2.24, 2.45) is 5.92 Å². The van der Waals surface area contributed by atoms with Gasteiger partial charge in [-0.3, -0.25) is 9.59 Å². The third-order valence-electron chi connectivity index (χ3n) is 7.91. The Morgan fingerprint density at radius 2 is 1.76 bits per heavy atom. The molecule has 2 atom stereocenters. The first kappa shape index (κ1) is 31.9. The third-order valence-corrected chi connectivity index (χ3v) is 8.10. The van der Waals surface area contributed by atoms with Gasteiger partial charge in [0.15, 0.2) is 0 Å². The van der Waals surface area contributed by atoms with E-state index < -0.39 is 18.0 Å². The molecule has 0 aliphatic carbocycles. The van der Waals surface area contributed by atoms with Gasteiger partial charge in [0.25, 0.3) is 0 Å². The summed E-state index contributed by atoms with van der Waals surface area (Å²) in [6, 6.07) is 4.63. The van der Waals surface area contributed by atoms with E-state index in [2.05, 4.69) is 20.2 Å². The second-order valence-corrected chi connectivity index (χ2v) is 11.6. The van der Waals surface area contributed by atoms with Gasteiger partial charge >= 0.3 is 0 Å². The summed E-state index contributed by atoms with van der Waals surface area (Å²) in [6.07, 6.45) is 7.94. The van der Waals surface area contributed by atoms with Crippen LogP contribution in [0.15, 0.2) is 30.6 Å². The molecule has 0 unspecified atom stereocenters. The van der Waals surface area contributed by atoms with Gasteiger partial charge in [-0.15, -0.1) is 0 Å². The van der Waals surface area contributed by atoms with Crippen LogP contribution >= 0.6 is 11.6 Å². The number of aliphatic hydroxyl groups is 2. The number of amides is 2. The monoisotopic (exact) mass is 605 g/mol. The lowest BCUT2D eigenvalue weighted by Crippen LogP contribution is -2.34. The molecule has 3 heterocycles. The Labute approximate surface area is 251 Å². The summed E-state index contributed by atoms with van der Waals surface area (Å²) >= 11 is 5.87. The summed E-state index contributed by atoms with van der Waals surface area (Å²) in [5, 5.41) is 22.4. The number of aromatic nitrogens is 2. The van der Waals surface area contributed by atoms with Crippen molar-refractivity contribution >= 4 is 29.4 Å². The minimum Gasteiger partial charge on any atom is -0.493 e. The highest BCUT2D eigenvalue weighted by molar-refractivity contribution is 6.30. The number of nitrogens with zero attached hydrogens (tertiary/aromatic N) is 4. The van der Waals surface area contributed by atoms with Crippen LogP contribution in [0.5, 0.6) is 5.75 Å². The minimum absolute atomic E-state index is 0.0516. The molecule has 0 saturated carbocycles. The summed E-state index contributed by atoms with van der Waals surface area (Å²) in [4.78, 5) is 36.6. The van der Waals surface area contributed by atoms with Crippen LogP contribution in [0.2, 0.25) is 5.02 Å². The number of unbranched alkanes of at least 4 members (excludes halogenated alkanes) is 2. The number of hydrogen-bond donors (Lipinski definition) is 3. The van der Waals surface area contributed by atoms with E-state index >= 15 is 0 Å². The molecule has 42 heavy (non-hydrogen) atoms. The van der Waals surface area contributed by atoms with E-state index in [-0.39, 0.29) is 31.3 Å². The molecule has 2 fully saturated rings. The zero-order chi connectivity index (χ0) is 29.9. The van der Waals surface area contributed by atoms with Crippen LogP contribution in [-0.2, 0) is 16.0 Å². The Balaban J connectivity index is 1.04. The Hall–Kier alpha value is -3.02. The van der Waals surface area contributed by atoms with Gasteiger partial charge in [0.2, 0.25) is 17.8 Å².